The Bertz CT molecular complexity index is 2230. The normalized spacial score (nSPS) is 16.2. The monoisotopic (exact) mass is 530 g/mol. The van der Waals surface area contributed by atoms with E-state index in [1.165, 1.54) is 32.3 Å². The summed E-state index contributed by atoms with van der Waals surface area (Å²) in [4.78, 5) is 12.6. The second kappa shape index (κ2) is 7.78. The molecule has 8 aromatic rings. The van der Waals surface area contributed by atoms with E-state index in [0.717, 1.165) is 42.9 Å². The first kappa shape index (κ1) is 22.3. The van der Waals surface area contributed by atoms with Gasteiger partial charge in [-0.3, -0.25) is 4.79 Å². The fourth-order valence-corrected chi connectivity index (χ4v) is 10.7. The summed E-state index contributed by atoms with van der Waals surface area (Å²) in [6, 6.07) is 38.4. The molecule has 0 saturated carbocycles. The van der Waals surface area contributed by atoms with Crippen molar-refractivity contribution in [2.24, 2.45) is 0 Å². The second-order valence-corrected chi connectivity index (χ2v) is 14.1. The van der Waals surface area contributed by atoms with Crippen LogP contribution in [0.25, 0.3) is 64.6 Å². The van der Waals surface area contributed by atoms with Gasteiger partial charge in [-0.25, -0.2) is 0 Å². The predicted octanol–water partition coefficient (Wildman–Crippen LogP) is 8.69. The number of hydrogen-bond acceptors (Lipinski definition) is 2. The lowest BCUT2D eigenvalue weighted by Crippen LogP contribution is -2.26. The molecule has 0 aliphatic heterocycles. The van der Waals surface area contributed by atoms with Crippen molar-refractivity contribution < 1.29 is 9.36 Å². The average molecular weight is 531 g/mol. The van der Waals surface area contributed by atoms with Crippen LogP contribution in [0, 0.1) is 0 Å². The third-order valence-corrected chi connectivity index (χ3v) is 12.6. The highest BCUT2D eigenvalue weighted by Crippen LogP contribution is 2.56. The lowest BCUT2D eigenvalue weighted by molar-refractivity contribution is -0.113. The van der Waals surface area contributed by atoms with Crippen molar-refractivity contribution in [1.29, 1.82) is 0 Å². The van der Waals surface area contributed by atoms with Crippen LogP contribution in [0.2, 0.25) is 0 Å². The minimum Gasteiger partial charge on any atom is -0.313 e. The van der Waals surface area contributed by atoms with E-state index in [0.29, 0.717) is 0 Å². The van der Waals surface area contributed by atoms with E-state index in [4.69, 9.17) is 0 Å². The molecule has 0 N–H and O–H groups in total. The molecule has 0 amide bonds. The maximum atomic E-state index is 16.1. The third kappa shape index (κ3) is 2.79. The van der Waals surface area contributed by atoms with Crippen LogP contribution in [0.4, 0.5) is 0 Å². The quantitative estimate of drug-likeness (QED) is 0.169. The average Bonchev–Trinajstić information content (AvgIpc) is 3.45. The Morgan fingerprint density at radius 2 is 0.900 bits per heavy atom. The number of hydrogen-bond donors (Lipinski definition) is 0. The highest BCUT2D eigenvalue weighted by Gasteiger charge is 2.41. The Morgan fingerprint density at radius 1 is 0.500 bits per heavy atom. The molecule has 8 aromatic carbocycles. The van der Waals surface area contributed by atoms with E-state index in [9.17, 15) is 4.79 Å². The zero-order valence-electron chi connectivity index (χ0n) is 21.6. The molecule has 1 aliphatic carbocycles. The van der Waals surface area contributed by atoms with Crippen molar-refractivity contribution in [3.05, 3.63) is 121 Å². The van der Waals surface area contributed by atoms with Crippen LogP contribution in [-0.4, -0.2) is 11.4 Å². The molecule has 0 fully saturated rings. The molecule has 1 atom stereocenters. The highest BCUT2D eigenvalue weighted by molar-refractivity contribution is 7.80. The van der Waals surface area contributed by atoms with Crippen LogP contribution >= 0.6 is 7.14 Å². The lowest BCUT2D eigenvalue weighted by atomic mass is 9.94. The Labute approximate surface area is 230 Å². The van der Waals surface area contributed by atoms with Gasteiger partial charge < -0.3 is 4.57 Å². The molecule has 0 bridgehead atoms. The maximum absolute atomic E-state index is 16.1. The van der Waals surface area contributed by atoms with Crippen molar-refractivity contribution >= 4 is 88.2 Å². The van der Waals surface area contributed by atoms with E-state index in [1.807, 2.05) is 6.08 Å². The Hall–Kier alpha value is -4.52. The largest absolute Gasteiger partial charge is 0.313 e. The zero-order chi connectivity index (χ0) is 26.6. The summed E-state index contributed by atoms with van der Waals surface area (Å²) in [7, 11) is -3.33. The first-order valence-electron chi connectivity index (χ1n) is 13.8. The fourth-order valence-electron chi connectivity index (χ4n) is 7.32. The van der Waals surface area contributed by atoms with E-state index >= 15 is 4.57 Å². The number of rotatable bonds is 3. The molecule has 2 nitrogen and oxygen atoms in total. The summed E-state index contributed by atoms with van der Waals surface area (Å²) in [5, 5.41) is 15.5. The van der Waals surface area contributed by atoms with Gasteiger partial charge >= 0.3 is 0 Å². The summed E-state index contributed by atoms with van der Waals surface area (Å²) in [5.41, 5.74) is -0.378. The zero-order valence-corrected chi connectivity index (χ0v) is 22.5. The molecular weight excluding hydrogens is 507 g/mol. The summed E-state index contributed by atoms with van der Waals surface area (Å²) < 4.78 is 16.1. The molecule has 188 valence electrons. The van der Waals surface area contributed by atoms with Crippen molar-refractivity contribution in [3.63, 3.8) is 0 Å². The molecule has 0 radical (unpaired) electrons. The van der Waals surface area contributed by atoms with E-state index in [2.05, 4.69) is 109 Å². The second-order valence-electron chi connectivity index (χ2n) is 11.1. The fraction of sp³-hybridized carbons (Fsp3) is 0.0541. The van der Waals surface area contributed by atoms with Crippen LogP contribution in [0.15, 0.2) is 121 Å². The predicted molar refractivity (Wildman–Crippen MR) is 170 cm³/mol. The highest BCUT2D eigenvalue weighted by atomic mass is 31.2. The van der Waals surface area contributed by atoms with Crippen LogP contribution < -0.4 is 10.6 Å². The van der Waals surface area contributed by atoms with Gasteiger partial charge in [-0.15, -0.1) is 0 Å². The molecule has 0 aromatic heterocycles. The molecule has 3 heteroatoms. The van der Waals surface area contributed by atoms with Gasteiger partial charge in [-0.1, -0.05) is 103 Å². The van der Waals surface area contributed by atoms with E-state index in [1.54, 1.807) is 6.08 Å². The smallest absolute Gasteiger partial charge is 0.156 e. The standard InChI is InChI=1S/C37H23O2P/c38-28-15-16-29(21-28)40(39,32-19-13-26-9-7-22-3-1-5-24-11-17-30(32)36(26)34(22)24)33-20-14-27-10-8-23-4-2-6-25-12-18-31(33)37(27)35(23)25/h1-20,29H,21H2. The third-order valence-electron chi connectivity index (χ3n) is 9.11. The van der Waals surface area contributed by atoms with Crippen LogP contribution in [0.1, 0.15) is 6.42 Å². The summed E-state index contributed by atoms with van der Waals surface area (Å²) in [6.45, 7) is 0. The minimum absolute atomic E-state index is 0.0423. The van der Waals surface area contributed by atoms with Gasteiger partial charge in [0, 0.05) is 22.7 Å². The first-order chi connectivity index (χ1) is 19.6. The van der Waals surface area contributed by atoms with Crippen LogP contribution in [-0.2, 0) is 9.36 Å². The number of carbonyl (C=O) groups is 1. The Morgan fingerprint density at radius 3 is 1.32 bits per heavy atom. The van der Waals surface area contributed by atoms with Crippen molar-refractivity contribution in [2.45, 2.75) is 12.1 Å². The van der Waals surface area contributed by atoms with Gasteiger partial charge in [0.25, 0.3) is 0 Å². The topological polar surface area (TPSA) is 34.1 Å². The van der Waals surface area contributed by atoms with Gasteiger partial charge in [-0.05, 0) is 82.8 Å². The molecule has 40 heavy (non-hydrogen) atoms. The number of ketones is 1. The SMILES string of the molecule is O=C1C=CC(P(=O)(c2ccc3ccc4cccc5ccc2c3c45)c2ccc3ccc4cccc5ccc2c3c45)C1. The molecule has 0 heterocycles. The number of benzene rings is 8. The first-order valence-corrected chi connectivity index (χ1v) is 15.5. The van der Waals surface area contributed by atoms with Gasteiger partial charge in [-0.2, -0.15) is 0 Å². The van der Waals surface area contributed by atoms with Gasteiger partial charge in [0.05, 0.1) is 0 Å². The molecule has 0 saturated heterocycles. The lowest BCUT2D eigenvalue weighted by Gasteiger charge is -2.28. The maximum Gasteiger partial charge on any atom is 0.156 e. The van der Waals surface area contributed by atoms with Crippen LogP contribution in [0.3, 0.4) is 0 Å². The molecule has 1 unspecified atom stereocenters. The molecule has 0 spiro atoms. The van der Waals surface area contributed by atoms with Gasteiger partial charge in [0.15, 0.2) is 12.9 Å². The number of carbonyl (C=O) groups excluding carboxylic acids is 1. The van der Waals surface area contributed by atoms with Crippen molar-refractivity contribution in [3.8, 4) is 0 Å². The van der Waals surface area contributed by atoms with Crippen molar-refractivity contribution in [1.82, 2.24) is 0 Å². The summed E-state index contributed by atoms with van der Waals surface area (Å²) >= 11 is 0. The van der Waals surface area contributed by atoms with E-state index < -0.39 is 7.14 Å². The minimum atomic E-state index is -3.33. The van der Waals surface area contributed by atoms with Crippen LogP contribution in [0.5, 0.6) is 0 Å². The Kier molecular flexibility index (Phi) is 4.34. The molecule has 9 rings (SSSR count). The van der Waals surface area contributed by atoms with Gasteiger partial charge in [0.1, 0.15) is 0 Å². The van der Waals surface area contributed by atoms with Gasteiger partial charge in [0.2, 0.25) is 0 Å². The van der Waals surface area contributed by atoms with Crippen molar-refractivity contribution in [2.75, 3.05) is 0 Å². The molecule has 1 aliphatic rings. The summed E-state index contributed by atoms with van der Waals surface area (Å²) in [5.74, 6) is 0.0423. The molecular formula is C37H23O2P. The summed E-state index contributed by atoms with van der Waals surface area (Å²) in [6.07, 6.45) is 3.80. The number of allylic oxidation sites excluding steroid dienone is 2. The van der Waals surface area contributed by atoms with E-state index in [-0.39, 0.29) is 17.9 Å². The Balaban J connectivity index is 1.44.